The monoisotopic (exact) mass is 291 g/mol. The van der Waals surface area contributed by atoms with E-state index >= 15 is 0 Å². The van der Waals surface area contributed by atoms with Crippen molar-refractivity contribution in [2.45, 2.75) is 34.1 Å². The van der Waals surface area contributed by atoms with Crippen molar-refractivity contribution in [2.75, 3.05) is 13.1 Å². The van der Waals surface area contributed by atoms with Crippen LogP contribution in [0.15, 0.2) is 18.3 Å². The fraction of sp³-hybridized carbons (Fsp3) is 0.562. The van der Waals surface area contributed by atoms with Gasteiger partial charge in [0.05, 0.1) is 0 Å². The van der Waals surface area contributed by atoms with Crippen LogP contribution in [0.2, 0.25) is 0 Å². The van der Waals surface area contributed by atoms with Crippen LogP contribution in [-0.2, 0) is 0 Å². The van der Waals surface area contributed by atoms with Crippen LogP contribution in [0.4, 0.5) is 0 Å². The van der Waals surface area contributed by atoms with Gasteiger partial charge in [-0.1, -0.05) is 27.7 Å². The lowest BCUT2D eigenvalue weighted by Crippen LogP contribution is -2.29. The van der Waals surface area contributed by atoms with Crippen molar-refractivity contribution in [3.8, 4) is 0 Å². The van der Waals surface area contributed by atoms with Crippen LogP contribution >= 0.6 is 0 Å². The van der Waals surface area contributed by atoms with E-state index in [1.807, 2.05) is 13.8 Å². The maximum Gasteiger partial charge on any atom is 0.269 e. The molecule has 2 amide bonds. The Balaban J connectivity index is 2.62. The summed E-state index contributed by atoms with van der Waals surface area (Å²) in [6.45, 7) is 9.48. The van der Waals surface area contributed by atoms with E-state index in [9.17, 15) is 9.59 Å². The molecule has 116 valence electrons. The number of rotatable bonds is 7. The third-order valence-electron chi connectivity index (χ3n) is 2.93. The Hall–Kier alpha value is -1.91. The van der Waals surface area contributed by atoms with E-state index in [1.165, 1.54) is 12.3 Å². The summed E-state index contributed by atoms with van der Waals surface area (Å²) in [7, 11) is 0. The number of hydrogen-bond donors (Lipinski definition) is 2. The highest BCUT2D eigenvalue weighted by molar-refractivity contribution is 5.98. The van der Waals surface area contributed by atoms with Gasteiger partial charge in [-0.15, -0.1) is 0 Å². The molecule has 5 heteroatoms. The van der Waals surface area contributed by atoms with Crippen molar-refractivity contribution in [3.05, 3.63) is 29.6 Å². The van der Waals surface area contributed by atoms with E-state index in [-0.39, 0.29) is 17.5 Å². The molecule has 1 heterocycles. The number of carbonyl (C=O) groups is 2. The van der Waals surface area contributed by atoms with Crippen molar-refractivity contribution in [1.29, 1.82) is 0 Å². The Morgan fingerprint density at radius 1 is 1.10 bits per heavy atom. The second-order valence-corrected chi connectivity index (χ2v) is 5.97. The molecule has 0 aliphatic rings. The molecular weight excluding hydrogens is 266 g/mol. The molecule has 0 spiro atoms. The van der Waals surface area contributed by atoms with Gasteiger partial charge < -0.3 is 10.6 Å². The van der Waals surface area contributed by atoms with Crippen LogP contribution in [0.3, 0.4) is 0 Å². The molecule has 0 fully saturated rings. The third kappa shape index (κ3) is 6.38. The molecule has 1 aromatic rings. The molecule has 21 heavy (non-hydrogen) atoms. The van der Waals surface area contributed by atoms with Gasteiger partial charge in [0, 0.05) is 24.8 Å². The number of amides is 2. The average molecular weight is 291 g/mol. The van der Waals surface area contributed by atoms with Crippen LogP contribution in [0.25, 0.3) is 0 Å². The molecule has 0 unspecified atom stereocenters. The molecule has 0 aliphatic carbocycles. The quantitative estimate of drug-likeness (QED) is 0.809. The highest BCUT2D eigenvalue weighted by Gasteiger charge is 2.11. The molecule has 1 aromatic heterocycles. The van der Waals surface area contributed by atoms with Gasteiger partial charge in [-0.25, -0.2) is 0 Å². The van der Waals surface area contributed by atoms with Crippen molar-refractivity contribution >= 4 is 11.8 Å². The minimum atomic E-state index is -0.250. The topological polar surface area (TPSA) is 71.1 Å². The summed E-state index contributed by atoms with van der Waals surface area (Å²) >= 11 is 0. The van der Waals surface area contributed by atoms with E-state index in [0.717, 1.165) is 6.42 Å². The highest BCUT2D eigenvalue weighted by atomic mass is 16.2. The lowest BCUT2D eigenvalue weighted by atomic mass is 10.1. The fourth-order valence-corrected chi connectivity index (χ4v) is 1.66. The first kappa shape index (κ1) is 17.1. The SMILES string of the molecule is CC(C)CCNC(=O)c1ccnc(C(=O)NCC(C)C)c1. The summed E-state index contributed by atoms with van der Waals surface area (Å²) in [5, 5.41) is 5.64. The first-order valence-electron chi connectivity index (χ1n) is 7.42. The summed E-state index contributed by atoms with van der Waals surface area (Å²) in [6.07, 6.45) is 2.42. The van der Waals surface area contributed by atoms with Crippen LogP contribution < -0.4 is 10.6 Å². The van der Waals surface area contributed by atoms with Gasteiger partial charge in [-0.05, 0) is 30.4 Å². The maximum absolute atomic E-state index is 12.0. The minimum Gasteiger partial charge on any atom is -0.352 e. The van der Waals surface area contributed by atoms with Crippen LogP contribution in [0.5, 0.6) is 0 Å². The van der Waals surface area contributed by atoms with E-state index in [1.54, 1.807) is 6.07 Å². The van der Waals surface area contributed by atoms with Crippen LogP contribution in [0, 0.1) is 11.8 Å². The van der Waals surface area contributed by atoms with Crippen molar-refractivity contribution < 1.29 is 9.59 Å². The summed E-state index contributed by atoms with van der Waals surface area (Å²) in [5.74, 6) is 0.494. The molecule has 0 radical (unpaired) electrons. The number of carbonyl (C=O) groups excluding carboxylic acids is 2. The minimum absolute atomic E-state index is 0.170. The standard InChI is InChI=1S/C16H25N3O2/c1-11(2)5-7-18-15(20)13-6-8-17-14(9-13)16(21)19-10-12(3)4/h6,8-9,11-12H,5,7,10H2,1-4H3,(H,18,20)(H,19,21). The molecule has 5 nitrogen and oxygen atoms in total. The number of nitrogens with one attached hydrogen (secondary N) is 2. The Morgan fingerprint density at radius 2 is 1.81 bits per heavy atom. The Bertz CT molecular complexity index is 484. The molecular formula is C16H25N3O2. The molecule has 0 atom stereocenters. The Labute approximate surface area is 126 Å². The summed E-state index contributed by atoms with van der Waals surface area (Å²) in [5.41, 5.74) is 0.732. The number of nitrogens with zero attached hydrogens (tertiary/aromatic N) is 1. The zero-order valence-electron chi connectivity index (χ0n) is 13.3. The predicted molar refractivity (Wildman–Crippen MR) is 83.2 cm³/mol. The number of hydrogen-bond acceptors (Lipinski definition) is 3. The predicted octanol–water partition coefficient (Wildman–Crippen LogP) is 2.24. The molecule has 1 rings (SSSR count). The van der Waals surface area contributed by atoms with Crippen molar-refractivity contribution in [1.82, 2.24) is 15.6 Å². The first-order valence-corrected chi connectivity index (χ1v) is 7.42. The van der Waals surface area contributed by atoms with Gasteiger partial charge >= 0.3 is 0 Å². The largest absolute Gasteiger partial charge is 0.352 e. The van der Waals surface area contributed by atoms with E-state index in [0.29, 0.717) is 30.5 Å². The van der Waals surface area contributed by atoms with Gasteiger partial charge in [-0.2, -0.15) is 0 Å². The van der Waals surface area contributed by atoms with Gasteiger partial charge in [0.1, 0.15) is 5.69 Å². The zero-order chi connectivity index (χ0) is 15.8. The van der Waals surface area contributed by atoms with E-state index in [2.05, 4.69) is 29.5 Å². The lowest BCUT2D eigenvalue weighted by Gasteiger charge is -2.09. The van der Waals surface area contributed by atoms with Crippen LogP contribution in [0.1, 0.15) is 55.0 Å². The Morgan fingerprint density at radius 3 is 2.43 bits per heavy atom. The summed E-state index contributed by atoms with van der Waals surface area (Å²) in [4.78, 5) is 27.9. The van der Waals surface area contributed by atoms with Gasteiger partial charge in [0.15, 0.2) is 0 Å². The molecule has 0 aliphatic heterocycles. The molecule has 0 saturated heterocycles. The smallest absolute Gasteiger partial charge is 0.269 e. The second-order valence-electron chi connectivity index (χ2n) is 5.97. The van der Waals surface area contributed by atoms with Crippen molar-refractivity contribution in [3.63, 3.8) is 0 Å². The lowest BCUT2D eigenvalue weighted by molar-refractivity contribution is 0.0944. The zero-order valence-corrected chi connectivity index (χ0v) is 13.3. The van der Waals surface area contributed by atoms with Crippen molar-refractivity contribution in [2.24, 2.45) is 11.8 Å². The van der Waals surface area contributed by atoms with Gasteiger partial charge in [-0.3, -0.25) is 14.6 Å². The highest BCUT2D eigenvalue weighted by Crippen LogP contribution is 2.03. The van der Waals surface area contributed by atoms with Crippen LogP contribution in [-0.4, -0.2) is 29.9 Å². The Kier molecular flexibility index (Phi) is 6.85. The third-order valence-corrected chi connectivity index (χ3v) is 2.93. The maximum atomic E-state index is 12.0. The first-order chi connectivity index (χ1) is 9.90. The number of aromatic nitrogens is 1. The normalized spacial score (nSPS) is 10.8. The second kappa shape index (κ2) is 8.39. The summed E-state index contributed by atoms with van der Waals surface area (Å²) < 4.78 is 0. The van der Waals surface area contributed by atoms with E-state index in [4.69, 9.17) is 0 Å². The molecule has 0 bridgehead atoms. The molecule has 0 saturated carbocycles. The number of pyridine rings is 1. The van der Waals surface area contributed by atoms with Gasteiger partial charge in [0.2, 0.25) is 0 Å². The fourth-order valence-electron chi connectivity index (χ4n) is 1.66. The molecule has 2 N–H and O–H groups in total. The molecule has 0 aromatic carbocycles. The van der Waals surface area contributed by atoms with Gasteiger partial charge in [0.25, 0.3) is 11.8 Å². The summed E-state index contributed by atoms with van der Waals surface area (Å²) in [6, 6.07) is 3.14. The average Bonchev–Trinajstić information content (AvgIpc) is 2.44. The van der Waals surface area contributed by atoms with E-state index < -0.39 is 0 Å².